The lowest BCUT2D eigenvalue weighted by atomic mass is 9.83. The van der Waals surface area contributed by atoms with Crippen LogP contribution in [-0.4, -0.2) is 52.7 Å². The second-order valence-electron chi connectivity index (χ2n) is 8.69. The predicted molar refractivity (Wildman–Crippen MR) is 140 cm³/mol. The Labute approximate surface area is 228 Å². The number of carbonyl (C=O) groups is 4. The van der Waals surface area contributed by atoms with E-state index in [2.05, 4.69) is 5.32 Å². The van der Waals surface area contributed by atoms with Crippen LogP contribution in [0.4, 0.5) is 14.9 Å². The van der Waals surface area contributed by atoms with Crippen LogP contribution in [0.2, 0.25) is 0 Å². The molecule has 2 aliphatic heterocycles. The van der Waals surface area contributed by atoms with Crippen LogP contribution in [0.5, 0.6) is 11.5 Å². The number of nitrogens with two attached hydrogens (primary N) is 1. The second kappa shape index (κ2) is 10.2. The fraction of sp³-hybridized carbons (Fsp3) is 0.240. The third-order valence-electron chi connectivity index (χ3n) is 6.47. The van der Waals surface area contributed by atoms with Crippen LogP contribution in [0.15, 0.2) is 52.3 Å². The maximum absolute atomic E-state index is 13.3. The number of hydrogen-bond donors (Lipinski definition) is 2. The van der Waals surface area contributed by atoms with Gasteiger partial charge in [-0.25, -0.2) is 9.18 Å². The Morgan fingerprint density at radius 3 is 2.36 bits per heavy atom. The number of likely N-dealkylation sites (tertiary alicyclic amines) is 1. The molecule has 14 heteroatoms. The van der Waals surface area contributed by atoms with Crippen LogP contribution in [0.3, 0.4) is 0 Å². The molecule has 1 fully saturated rings. The number of urea groups is 1. The Bertz CT molecular complexity index is 1570. The molecule has 11 nitrogen and oxygen atoms in total. The van der Waals surface area contributed by atoms with E-state index in [1.807, 2.05) is 0 Å². The monoisotopic (exact) mass is 572 g/mol. The Morgan fingerprint density at radius 1 is 1.03 bits per heavy atom. The number of hydrogen-bond acceptors (Lipinski definition) is 9. The number of thiazole rings is 1. The van der Waals surface area contributed by atoms with Crippen molar-refractivity contribution in [3.63, 3.8) is 0 Å². The predicted octanol–water partition coefficient (Wildman–Crippen LogP) is 2.37. The zero-order chi connectivity index (χ0) is 28.0. The quantitative estimate of drug-likeness (QED) is 0.428. The highest BCUT2D eigenvalue weighted by Gasteiger charge is 2.58. The number of thioether (sulfide) groups is 1. The zero-order valence-electron chi connectivity index (χ0n) is 20.5. The van der Waals surface area contributed by atoms with Crippen LogP contribution in [0.1, 0.15) is 16.4 Å². The number of fused-ring (bicyclic) bond motifs is 2. The molecule has 3 aromatic rings. The minimum atomic E-state index is -1.19. The molecule has 5 rings (SSSR count). The van der Waals surface area contributed by atoms with E-state index >= 15 is 0 Å². The molecule has 1 aromatic heterocycles. The largest absolute Gasteiger partial charge is 0.493 e. The van der Waals surface area contributed by atoms with Crippen molar-refractivity contribution >= 4 is 52.5 Å². The molecular formula is C25H21FN4O7S2. The number of primary amides is 1. The number of ether oxygens (including phenoxy) is 2. The summed E-state index contributed by atoms with van der Waals surface area (Å²) in [6.07, 6.45) is 0. The molecule has 3 N–H and O–H groups in total. The van der Waals surface area contributed by atoms with Gasteiger partial charge in [-0.1, -0.05) is 29.2 Å². The molecule has 0 aliphatic carbocycles. The molecule has 2 aromatic carbocycles. The van der Waals surface area contributed by atoms with Gasteiger partial charge in [0.05, 0.1) is 25.2 Å². The van der Waals surface area contributed by atoms with Gasteiger partial charge < -0.3 is 20.5 Å². The summed E-state index contributed by atoms with van der Waals surface area (Å²) < 4.78 is 25.2. The van der Waals surface area contributed by atoms with Gasteiger partial charge in [-0.2, -0.15) is 4.90 Å². The smallest absolute Gasteiger partial charge is 0.328 e. The van der Waals surface area contributed by atoms with E-state index in [-0.39, 0.29) is 0 Å². The standard InChI is InChI=1S/C25H21FN4O7S2/c1-36-14-8-3-11(9-15(14)37-2)17-18-19(22(33)30(21(18)32)24(27)34)38-23-20(17)39-25(35)29(23)10-16(31)28-13-6-4-12(26)5-7-13/h3-9,17-19H,10H2,1-2H3,(H2,27,34)(H,28,31)/t17-,18?,19?/m0/s1. The first-order valence-corrected chi connectivity index (χ1v) is 13.2. The molecule has 5 amide bonds. The Morgan fingerprint density at radius 2 is 1.72 bits per heavy atom. The molecular weight excluding hydrogens is 551 g/mol. The summed E-state index contributed by atoms with van der Waals surface area (Å²) in [5, 5.41) is 1.87. The van der Waals surface area contributed by atoms with E-state index in [0.717, 1.165) is 23.1 Å². The van der Waals surface area contributed by atoms with Gasteiger partial charge in [0, 0.05) is 16.5 Å². The van der Waals surface area contributed by atoms with Crippen LogP contribution in [-0.2, 0) is 20.9 Å². The van der Waals surface area contributed by atoms with Crippen LogP contribution in [0, 0.1) is 11.7 Å². The molecule has 0 spiro atoms. The van der Waals surface area contributed by atoms with Crippen LogP contribution >= 0.6 is 23.1 Å². The minimum Gasteiger partial charge on any atom is -0.493 e. The van der Waals surface area contributed by atoms with Crippen molar-refractivity contribution in [1.29, 1.82) is 0 Å². The lowest BCUT2D eigenvalue weighted by molar-refractivity contribution is -0.135. The number of aromatic nitrogens is 1. The third-order valence-corrected chi connectivity index (χ3v) is 9.07. The molecule has 3 atom stereocenters. The fourth-order valence-corrected chi connectivity index (χ4v) is 7.53. The number of amides is 5. The Balaban J connectivity index is 1.59. The number of methoxy groups -OCH3 is 2. The van der Waals surface area contributed by atoms with Crippen molar-refractivity contribution in [2.75, 3.05) is 19.5 Å². The van der Waals surface area contributed by atoms with Gasteiger partial charge in [0.2, 0.25) is 11.8 Å². The van der Waals surface area contributed by atoms with Gasteiger partial charge in [0.25, 0.3) is 5.91 Å². The minimum absolute atomic E-state index is 0.327. The number of imide groups is 3. The highest BCUT2D eigenvalue weighted by molar-refractivity contribution is 8.00. The van der Waals surface area contributed by atoms with Gasteiger partial charge in [-0.3, -0.25) is 23.7 Å². The summed E-state index contributed by atoms with van der Waals surface area (Å²) in [6, 6.07) is 8.90. The molecule has 202 valence electrons. The van der Waals surface area contributed by atoms with Crippen molar-refractivity contribution in [1.82, 2.24) is 9.47 Å². The Hall–Kier alpha value is -4.17. The number of benzene rings is 2. The molecule has 0 radical (unpaired) electrons. The van der Waals surface area contributed by atoms with Gasteiger partial charge in [-0.05, 0) is 42.0 Å². The van der Waals surface area contributed by atoms with Crippen molar-refractivity contribution in [2.45, 2.75) is 22.7 Å². The average Bonchev–Trinajstić information content (AvgIpc) is 3.35. The maximum Gasteiger partial charge on any atom is 0.328 e. The lowest BCUT2D eigenvalue weighted by Crippen LogP contribution is -2.41. The first-order valence-electron chi connectivity index (χ1n) is 11.5. The number of rotatable bonds is 6. The third kappa shape index (κ3) is 4.55. The van der Waals surface area contributed by atoms with Crippen molar-refractivity contribution in [2.24, 2.45) is 11.7 Å². The molecule has 1 saturated heterocycles. The average molecular weight is 573 g/mol. The van der Waals surface area contributed by atoms with Crippen molar-refractivity contribution in [3.05, 3.63) is 68.4 Å². The van der Waals surface area contributed by atoms with E-state index in [9.17, 15) is 28.4 Å². The van der Waals surface area contributed by atoms with Crippen LogP contribution in [0.25, 0.3) is 0 Å². The first kappa shape index (κ1) is 26.4. The normalized spacial score (nSPS) is 19.9. The van der Waals surface area contributed by atoms with E-state index < -0.39 is 58.1 Å². The first-order chi connectivity index (χ1) is 18.6. The molecule has 0 bridgehead atoms. The van der Waals surface area contributed by atoms with E-state index in [0.29, 0.717) is 37.6 Å². The highest BCUT2D eigenvalue weighted by atomic mass is 32.2. The lowest BCUT2D eigenvalue weighted by Gasteiger charge is -2.31. The van der Waals surface area contributed by atoms with Gasteiger partial charge >= 0.3 is 10.9 Å². The molecule has 39 heavy (non-hydrogen) atoms. The van der Waals surface area contributed by atoms with Crippen LogP contribution < -0.4 is 25.4 Å². The van der Waals surface area contributed by atoms with E-state index in [1.54, 1.807) is 18.2 Å². The number of nitrogens with zero attached hydrogens (tertiary/aromatic N) is 2. The number of carbonyl (C=O) groups excluding carboxylic acids is 4. The van der Waals surface area contributed by atoms with Gasteiger partial charge in [0.15, 0.2) is 11.5 Å². The van der Waals surface area contributed by atoms with Gasteiger partial charge in [0.1, 0.15) is 17.6 Å². The maximum atomic E-state index is 13.3. The topological polar surface area (TPSA) is 150 Å². The summed E-state index contributed by atoms with van der Waals surface area (Å²) in [7, 11) is 2.91. The van der Waals surface area contributed by atoms with Crippen molar-refractivity contribution < 1.29 is 33.0 Å². The molecule has 0 saturated carbocycles. The second-order valence-corrected chi connectivity index (χ2v) is 10.8. The number of halogens is 1. The van der Waals surface area contributed by atoms with E-state index in [4.69, 9.17) is 15.2 Å². The summed E-state index contributed by atoms with van der Waals surface area (Å²) in [5.74, 6) is -3.63. The van der Waals surface area contributed by atoms with E-state index in [1.165, 1.54) is 43.1 Å². The van der Waals surface area contributed by atoms with Gasteiger partial charge in [-0.15, -0.1) is 0 Å². The summed E-state index contributed by atoms with van der Waals surface area (Å²) in [5.41, 5.74) is 6.23. The fourth-order valence-electron chi connectivity index (χ4n) is 4.76. The highest BCUT2D eigenvalue weighted by Crippen LogP contribution is 2.54. The number of anilines is 1. The Kier molecular flexibility index (Phi) is 6.91. The SMILES string of the molecule is COc1ccc([C@@H]2c3sc(=O)n(CC(=O)Nc4ccc(F)cc4)c3SC3C(=O)N(C(N)=O)C(=O)C32)cc1OC. The number of nitrogens with one attached hydrogen (secondary N) is 1. The summed E-state index contributed by atoms with van der Waals surface area (Å²) in [6.45, 7) is -0.396. The summed E-state index contributed by atoms with van der Waals surface area (Å²) >= 11 is 1.78. The molecule has 2 unspecified atom stereocenters. The molecule has 2 aliphatic rings. The van der Waals surface area contributed by atoms with Crippen molar-refractivity contribution in [3.8, 4) is 11.5 Å². The molecule has 3 heterocycles. The summed E-state index contributed by atoms with van der Waals surface area (Å²) in [4.78, 5) is 64.8. The zero-order valence-corrected chi connectivity index (χ0v) is 22.1.